The highest BCUT2D eigenvalue weighted by Gasteiger charge is 2.27. The number of nitrogens with zero attached hydrogens (tertiary/aromatic N) is 1. The van der Waals surface area contributed by atoms with E-state index in [4.69, 9.17) is 0 Å². The normalized spacial score (nSPS) is 14.4. The van der Waals surface area contributed by atoms with Crippen LogP contribution in [0.4, 0.5) is 0 Å². The third-order valence-electron chi connectivity index (χ3n) is 4.41. The number of nitrogens with one attached hydrogen (secondary N) is 3. The lowest BCUT2D eigenvalue weighted by Crippen LogP contribution is -2.27. The lowest BCUT2D eigenvalue weighted by molar-refractivity contribution is 0.0954. The van der Waals surface area contributed by atoms with Gasteiger partial charge in [0.2, 0.25) is 10.0 Å². The molecule has 0 unspecified atom stereocenters. The quantitative estimate of drug-likeness (QED) is 0.579. The van der Waals surface area contributed by atoms with E-state index in [0.717, 1.165) is 29.7 Å². The van der Waals surface area contributed by atoms with Gasteiger partial charge in [0.1, 0.15) is 5.82 Å². The topological polar surface area (TPSA) is 104 Å². The van der Waals surface area contributed by atoms with Crippen LogP contribution in [0.15, 0.2) is 53.4 Å². The molecular formula is C19H20N4O3S. The molecule has 7 nitrogen and oxygen atoms in total. The van der Waals surface area contributed by atoms with E-state index in [-0.39, 0.29) is 16.8 Å². The number of rotatable bonds is 7. The van der Waals surface area contributed by atoms with Crippen molar-refractivity contribution in [1.29, 1.82) is 0 Å². The first-order valence-electron chi connectivity index (χ1n) is 8.85. The SMILES string of the molecule is O=C(NCCc1nc2ccccc2[nH]1)c1ccc(S(=O)(=O)NC2CC2)cc1. The highest BCUT2D eigenvalue weighted by molar-refractivity contribution is 7.89. The largest absolute Gasteiger partial charge is 0.352 e. The standard InChI is InChI=1S/C19H20N4O3S/c24-19(20-12-11-18-21-16-3-1-2-4-17(16)22-18)13-5-9-15(10-6-13)27(25,26)23-14-7-8-14/h1-6,9-10,14,23H,7-8,11-12H2,(H,20,24)(H,21,22). The van der Waals surface area contributed by atoms with Crippen LogP contribution in [-0.2, 0) is 16.4 Å². The highest BCUT2D eigenvalue weighted by atomic mass is 32.2. The number of carbonyl (C=O) groups is 1. The number of benzene rings is 2. The summed E-state index contributed by atoms with van der Waals surface area (Å²) in [7, 11) is -3.50. The van der Waals surface area contributed by atoms with Crippen molar-refractivity contribution in [2.45, 2.75) is 30.2 Å². The summed E-state index contributed by atoms with van der Waals surface area (Å²) in [5.41, 5.74) is 2.29. The van der Waals surface area contributed by atoms with E-state index in [0.29, 0.717) is 18.5 Å². The molecule has 0 saturated heterocycles. The van der Waals surface area contributed by atoms with E-state index in [1.54, 1.807) is 0 Å². The summed E-state index contributed by atoms with van der Waals surface area (Å²) in [5.74, 6) is 0.564. The number of amides is 1. The van der Waals surface area contributed by atoms with E-state index in [1.165, 1.54) is 24.3 Å². The van der Waals surface area contributed by atoms with E-state index in [1.807, 2.05) is 24.3 Å². The van der Waals surface area contributed by atoms with Gasteiger partial charge in [0.05, 0.1) is 15.9 Å². The minimum atomic E-state index is -3.50. The van der Waals surface area contributed by atoms with Crippen molar-refractivity contribution < 1.29 is 13.2 Å². The molecule has 2 aromatic carbocycles. The van der Waals surface area contributed by atoms with Gasteiger partial charge >= 0.3 is 0 Å². The number of carbonyl (C=O) groups excluding carboxylic acids is 1. The summed E-state index contributed by atoms with van der Waals surface area (Å²) in [5, 5.41) is 2.83. The predicted octanol–water partition coefficient (Wildman–Crippen LogP) is 1.98. The molecule has 1 amide bonds. The predicted molar refractivity (Wildman–Crippen MR) is 102 cm³/mol. The Morgan fingerprint density at radius 1 is 1.11 bits per heavy atom. The van der Waals surface area contributed by atoms with Crippen LogP contribution < -0.4 is 10.0 Å². The number of sulfonamides is 1. The molecule has 1 aliphatic carbocycles. The van der Waals surface area contributed by atoms with Gasteiger partial charge in [-0.15, -0.1) is 0 Å². The maximum Gasteiger partial charge on any atom is 0.251 e. The van der Waals surface area contributed by atoms with E-state index in [9.17, 15) is 13.2 Å². The first-order valence-corrected chi connectivity index (χ1v) is 10.3. The van der Waals surface area contributed by atoms with Gasteiger partial charge in [0, 0.05) is 24.6 Å². The van der Waals surface area contributed by atoms with Crippen molar-refractivity contribution in [3.05, 3.63) is 59.9 Å². The summed E-state index contributed by atoms with van der Waals surface area (Å²) in [6, 6.07) is 13.8. The molecule has 1 aromatic heterocycles. The smallest absolute Gasteiger partial charge is 0.251 e. The van der Waals surface area contributed by atoms with Gasteiger partial charge in [-0.05, 0) is 49.2 Å². The minimum absolute atomic E-state index is 0.0521. The molecule has 1 fully saturated rings. The summed E-state index contributed by atoms with van der Waals surface area (Å²) in [6.07, 6.45) is 2.34. The molecule has 1 aliphatic rings. The summed E-state index contributed by atoms with van der Waals surface area (Å²) in [4.78, 5) is 20.1. The fraction of sp³-hybridized carbons (Fsp3) is 0.263. The first-order chi connectivity index (χ1) is 13.0. The average Bonchev–Trinajstić information content (AvgIpc) is 3.36. The van der Waals surface area contributed by atoms with E-state index >= 15 is 0 Å². The Morgan fingerprint density at radius 3 is 2.56 bits per heavy atom. The van der Waals surface area contributed by atoms with Gasteiger partial charge in [-0.3, -0.25) is 4.79 Å². The van der Waals surface area contributed by atoms with Crippen molar-refractivity contribution >= 4 is 27.0 Å². The second-order valence-corrected chi connectivity index (χ2v) is 8.34. The fourth-order valence-electron chi connectivity index (χ4n) is 2.79. The van der Waals surface area contributed by atoms with Crippen LogP contribution in [0.2, 0.25) is 0 Å². The molecule has 3 N–H and O–H groups in total. The first kappa shape index (κ1) is 17.7. The maximum atomic E-state index is 12.2. The number of aromatic nitrogens is 2. The minimum Gasteiger partial charge on any atom is -0.352 e. The second-order valence-electron chi connectivity index (χ2n) is 6.63. The second kappa shape index (κ2) is 7.13. The Hall–Kier alpha value is -2.71. The van der Waals surface area contributed by atoms with Crippen LogP contribution >= 0.6 is 0 Å². The molecule has 3 aromatic rings. The molecule has 27 heavy (non-hydrogen) atoms. The van der Waals surface area contributed by atoms with Gasteiger partial charge in [-0.1, -0.05) is 12.1 Å². The third kappa shape index (κ3) is 4.17. The zero-order valence-electron chi connectivity index (χ0n) is 14.6. The molecule has 140 valence electrons. The molecule has 1 saturated carbocycles. The number of hydrogen-bond donors (Lipinski definition) is 3. The third-order valence-corrected chi connectivity index (χ3v) is 5.95. The number of imidazole rings is 1. The van der Waals surface area contributed by atoms with Crippen molar-refractivity contribution in [2.75, 3.05) is 6.54 Å². The molecule has 0 atom stereocenters. The van der Waals surface area contributed by atoms with Crippen LogP contribution in [0.1, 0.15) is 29.0 Å². The monoisotopic (exact) mass is 384 g/mol. The number of fused-ring (bicyclic) bond motifs is 1. The summed E-state index contributed by atoms with van der Waals surface area (Å²) >= 11 is 0. The van der Waals surface area contributed by atoms with Gasteiger partial charge in [0.25, 0.3) is 5.91 Å². The van der Waals surface area contributed by atoms with Crippen molar-refractivity contribution in [2.24, 2.45) is 0 Å². The van der Waals surface area contributed by atoms with Gasteiger partial charge in [0.15, 0.2) is 0 Å². The van der Waals surface area contributed by atoms with Crippen molar-refractivity contribution in [1.82, 2.24) is 20.0 Å². The molecule has 8 heteroatoms. The van der Waals surface area contributed by atoms with Crippen LogP contribution in [0.3, 0.4) is 0 Å². The Labute approximate surface area is 157 Å². The van der Waals surface area contributed by atoms with E-state index < -0.39 is 10.0 Å². The van der Waals surface area contributed by atoms with Crippen LogP contribution in [0, 0.1) is 0 Å². The number of para-hydroxylation sites is 2. The van der Waals surface area contributed by atoms with Gasteiger partial charge < -0.3 is 10.3 Å². The van der Waals surface area contributed by atoms with Crippen molar-refractivity contribution in [3.8, 4) is 0 Å². The molecular weight excluding hydrogens is 364 g/mol. The number of hydrogen-bond acceptors (Lipinski definition) is 4. The van der Waals surface area contributed by atoms with Gasteiger partial charge in [-0.2, -0.15) is 0 Å². The Bertz CT molecular complexity index is 1040. The lowest BCUT2D eigenvalue weighted by atomic mass is 10.2. The molecule has 0 spiro atoms. The fourth-order valence-corrected chi connectivity index (χ4v) is 4.10. The molecule has 0 radical (unpaired) electrons. The highest BCUT2D eigenvalue weighted by Crippen LogP contribution is 2.22. The Balaban J connectivity index is 1.33. The van der Waals surface area contributed by atoms with Crippen LogP contribution in [0.5, 0.6) is 0 Å². The maximum absolute atomic E-state index is 12.2. The summed E-state index contributed by atoms with van der Waals surface area (Å²) < 4.78 is 26.9. The summed E-state index contributed by atoms with van der Waals surface area (Å²) in [6.45, 7) is 0.432. The number of aromatic amines is 1. The van der Waals surface area contributed by atoms with Crippen molar-refractivity contribution in [3.63, 3.8) is 0 Å². The molecule has 0 bridgehead atoms. The Kier molecular flexibility index (Phi) is 4.67. The zero-order valence-corrected chi connectivity index (χ0v) is 15.4. The average molecular weight is 384 g/mol. The van der Waals surface area contributed by atoms with Gasteiger partial charge in [-0.25, -0.2) is 18.1 Å². The number of H-pyrrole nitrogens is 1. The van der Waals surface area contributed by atoms with Crippen LogP contribution in [0.25, 0.3) is 11.0 Å². The molecule has 0 aliphatic heterocycles. The van der Waals surface area contributed by atoms with Crippen LogP contribution in [-0.4, -0.2) is 36.9 Å². The Morgan fingerprint density at radius 2 is 1.85 bits per heavy atom. The molecule has 4 rings (SSSR count). The zero-order chi connectivity index (χ0) is 18.9. The molecule has 1 heterocycles. The lowest BCUT2D eigenvalue weighted by Gasteiger charge is -2.07. The van der Waals surface area contributed by atoms with E-state index in [2.05, 4.69) is 20.0 Å².